The van der Waals surface area contributed by atoms with Crippen molar-refractivity contribution in [2.45, 2.75) is 13.8 Å². The van der Waals surface area contributed by atoms with Crippen molar-refractivity contribution in [3.8, 4) is 11.5 Å². The molecule has 3 aromatic rings. The SMILES string of the molecule is CCOc1ccc(N2C(=O)C(Cl)=C(Nc3cccc(C(=O)Nc4ccccc4OCC)c3)C2=O)cc1. The summed E-state index contributed by atoms with van der Waals surface area (Å²) in [5.41, 5.74) is 1.59. The Morgan fingerprint density at radius 3 is 2.33 bits per heavy atom. The number of carbonyl (C=O) groups is 3. The Morgan fingerprint density at radius 2 is 1.61 bits per heavy atom. The fourth-order valence-corrected chi connectivity index (χ4v) is 3.84. The van der Waals surface area contributed by atoms with E-state index in [-0.39, 0.29) is 16.6 Å². The van der Waals surface area contributed by atoms with Crippen LogP contribution in [0.4, 0.5) is 17.1 Å². The normalized spacial score (nSPS) is 13.1. The number of hydrogen-bond donors (Lipinski definition) is 2. The molecule has 0 bridgehead atoms. The van der Waals surface area contributed by atoms with Crippen LogP contribution in [0.15, 0.2) is 83.5 Å². The third-order valence-corrected chi connectivity index (χ3v) is 5.61. The first kappa shape index (κ1) is 24.8. The van der Waals surface area contributed by atoms with Gasteiger partial charge >= 0.3 is 0 Å². The van der Waals surface area contributed by atoms with E-state index in [0.717, 1.165) is 4.90 Å². The van der Waals surface area contributed by atoms with Gasteiger partial charge in [-0.3, -0.25) is 14.4 Å². The second-order valence-electron chi connectivity index (χ2n) is 7.65. The van der Waals surface area contributed by atoms with Gasteiger partial charge in [0.25, 0.3) is 17.7 Å². The average Bonchev–Trinajstić information content (AvgIpc) is 3.09. The molecule has 0 unspecified atom stereocenters. The summed E-state index contributed by atoms with van der Waals surface area (Å²) < 4.78 is 11.0. The van der Waals surface area contributed by atoms with Crippen molar-refractivity contribution in [1.82, 2.24) is 0 Å². The summed E-state index contributed by atoms with van der Waals surface area (Å²) in [6.45, 7) is 4.68. The Balaban J connectivity index is 1.51. The number of ether oxygens (including phenoxy) is 2. The Labute approximate surface area is 213 Å². The van der Waals surface area contributed by atoms with Crippen LogP contribution in [0.25, 0.3) is 0 Å². The zero-order chi connectivity index (χ0) is 25.7. The molecule has 0 saturated carbocycles. The van der Waals surface area contributed by atoms with E-state index in [2.05, 4.69) is 10.6 Å². The molecule has 2 N–H and O–H groups in total. The Bertz CT molecular complexity index is 1340. The van der Waals surface area contributed by atoms with Gasteiger partial charge in [0, 0.05) is 11.3 Å². The smallest absolute Gasteiger partial charge is 0.283 e. The first-order valence-corrected chi connectivity index (χ1v) is 11.7. The molecule has 0 radical (unpaired) electrons. The summed E-state index contributed by atoms with van der Waals surface area (Å²) in [7, 11) is 0. The van der Waals surface area contributed by atoms with E-state index in [0.29, 0.717) is 47.3 Å². The maximum Gasteiger partial charge on any atom is 0.283 e. The van der Waals surface area contributed by atoms with Gasteiger partial charge in [-0.1, -0.05) is 29.8 Å². The van der Waals surface area contributed by atoms with Crippen LogP contribution >= 0.6 is 11.6 Å². The summed E-state index contributed by atoms with van der Waals surface area (Å²) in [4.78, 5) is 39.7. The predicted molar refractivity (Wildman–Crippen MR) is 139 cm³/mol. The zero-order valence-corrected chi connectivity index (χ0v) is 20.5. The van der Waals surface area contributed by atoms with Crippen LogP contribution in [0.2, 0.25) is 0 Å². The fourth-order valence-electron chi connectivity index (χ4n) is 3.63. The van der Waals surface area contributed by atoms with E-state index in [9.17, 15) is 14.4 Å². The van der Waals surface area contributed by atoms with Crippen molar-refractivity contribution in [3.05, 3.63) is 89.1 Å². The molecule has 1 heterocycles. The Morgan fingerprint density at radius 1 is 0.889 bits per heavy atom. The number of halogens is 1. The maximum absolute atomic E-state index is 13.1. The molecule has 9 heteroatoms. The van der Waals surface area contributed by atoms with Gasteiger partial charge in [-0.15, -0.1) is 0 Å². The third kappa shape index (κ3) is 5.18. The van der Waals surface area contributed by atoms with Crippen molar-refractivity contribution in [3.63, 3.8) is 0 Å². The molecule has 1 aliphatic rings. The molecule has 0 aromatic heterocycles. The molecule has 0 spiro atoms. The lowest BCUT2D eigenvalue weighted by Crippen LogP contribution is -2.32. The number of anilines is 3. The minimum atomic E-state index is -0.644. The van der Waals surface area contributed by atoms with Crippen LogP contribution in [0, 0.1) is 0 Å². The third-order valence-electron chi connectivity index (χ3n) is 5.26. The molecule has 4 rings (SSSR count). The van der Waals surface area contributed by atoms with E-state index < -0.39 is 11.8 Å². The van der Waals surface area contributed by atoms with Gasteiger partial charge in [0.15, 0.2) is 0 Å². The maximum atomic E-state index is 13.1. The highest BCUT2D eigenvalue weighted by Gasteiger charge is 2.39. The molecular weight excluding hydrogens is 482 g/mol. The highest BCUT2D eigenvalue weighted by atomic mass is 35.5. The molecule has 0 fully saturated rings. The lowest BCUT2D eigenvalue weighted by molar-refractivity contribution is -0.120. The summed E-state index contributed by atoms with van der Waals surface area (Å²) in [5, 5.41) is 5.49. The first-order valence-electron chi connectivity index (χ1n) is 11.3. The minimum absolute atomic E-state index is 0.0743. The molecule has 1 aliphatic heterocycles. The first-order chi connectivity index (χ1) is 17.4. The molecule has 3 amide bonds. The summed E-state index contributed by atoms with van der Waals surface area (Å²) in [6.07, 6.45) is 0. The molecule has 184 valence electrons. The Kier molecular flexibility index (Phi) is 7.56. The molecular formula is C27H24ClN3O5. The van der Waals surface area contributed by atoms with E-state index in [1.165, 1.54) is 0 Å². The van der Waals surface area contributed by atoms with Crippen molar-refractivity contribution >= 4 is 46.4 Å². The van der Waals surface area contributed by atoms with Gasteiger partial charge < -0.3 is 20.1 Å². The van der Waals surface area contributed by atoms with Gasteiger partial charge in [0.1, 0.15) is 22.2 Å². The molecule has 0 aliphatic carbocycles. The van der Waals surface area contributed by atoms with Gasteiger partial charge in [-0.2, -0.15) is 0 Å². The van der Waals surface area contributed by atoms with Crippen molar-refractivity contribution in [2.75, 3.05) is 28.7 Å². The second-order valence-corrected chi connectivity index (χ2v) is 8.03. The van der Waals surface area contributed by atoms with E-state index in [1.807, 2.05) is 19.9 Å². The summed E-state index contributed by atoms with van der Waals surface area (Å²) >= 11 is 6.24. The Hall–Kier alpha value is -4.30. The number of carbonyl (C=O) groups excluding carboxylic acids is 3. The van der Waals surface area contributed by atoms with Gasteiger partial charge in [-0.25, -0.2) is 4.90 Å². The highest BCUT2D eigenvalue weighted by Crippen LogP contribution is 2.31. The molecule has 0 saturated heterocycles. The summed E-state index contributed by atoms with van der Waals surface area (Å²) in [5.74, 6) is -0.430. The van der Waals surface area contributed by atoms with Crippen molar-refractivity contribution < 1.29 is 23.9 Å². The van der Waals surface area contributed by atoms with E-state index in [4.69, 9.17) is 21.1 Å². The van der Waals surface area contributed by atoms with Crippen LogP contribution in [0.3, 0.4) is 0 Å². The lowest BCUT2D eigenvalue weighted by Gasteiger charge is -2.16. The van der Waals surface area contributed by atoms with Crippen molar-refractivity contribution in [2.24, 2.45) is 0 Å². The van der Waals surface area contributed by atoms with Crippen LogP contribution in [-0.2, 0) is 9.59 Å². The minimum Gasteiger partial charge on any atom is -0.494 e. The van der Waals surface area contributed by atoms with Crippen LogP contribution in [0.5, 0.6) is 11.5 Å². The largest absolute Gasteiger partial charge is 0.494 e. The number of rotatable bonds is 9. The quantitative estimate of drug-likeness (QED) is 0.389. The molecule has 0 atom stereocenters. The molecule has 3 aromatic carbocycles. The average molecular weight is 506 g/mol. The van der Waals surface area contributed by atoms with E-state index in [1.54, 1.807) is 66.7 Å². The molecule has 8 nitrogen and oxygen atoms in total. The van der Waals surface area contributed by atoms with Crippen molar-refractivity contribution in [1.29, 1.82) is 0 Å². The lowest BCUT2D eigenvalue weighted by atomic mass is 10.1. The number of imide groups is 1. The van der Waals surface area contributed by atoms with Gasteiger partial charge in [0.05, 0.1) is 24.6 Å². The van der Waals surface area contributed by atoms with Gasteiger partial charge in [-0.05, 0) is 68.4 Å². The van der Waals surface area contributed by atoms with E-state index >= 15 is 0 Å². The number of amides is 3. The fraction of sp³-hybridized carbons (Fsp3) is 0.148. The van der Waals surface area contributed by atoms with Crippen LogP contribution < -0.4 is 25.0 Å². The van der Waals surface area contributed by atoms with Crippen LogP contribution in [-0.4, -0.2) is 30.9 Å². The van der Waals surface area contributed by atoms with Gasteiger partial charge in [0.2, 0.25) is 0 Å². The number of benzene rings is 3. The number of nitrogens with one attached hydrogen (secondary N) is 2. The standard InChI is InChI=1S/C27H24ClN3O5/c1-3-35-20-14-12-19(13-15-20)31-26(33)23(28)24(27(31)34)29-18-9-7-8-17(16-18)25(32)30-21-10-5-6-11-22(21)36-4-2/h5-16,29H,3-4H2,1-2H3,(H,30,32). The molecule has 36 heavy (non-hydrogen) atoms. The highest BCUT2D eigenvalue weighted by molar-refractivity contribution is 6.53. The topological polar surface area (TPSA) is 97.0 Å². The zero-order valence-electron chi connectivity index (χ0n) is 19.7. The number of nitrogens with zero attached hydrogens (tertiary/aromatic N) is 1. The monoisotopic (exact) mass is 505 g/mol. The second kappa shape index (κ2) is 11.0. The van der Waals surface area contributed by atoms with Crippen LogP contribution in [0.1, 0.15) is 24.2 Å². The number of para-hydroxylation sites is 2. The number of hydrogen-bond acceptors (Lipinski definition) is 6. The predicted octanol–water partition coefficient (Wildman–Crippen LogP) is 5.17. The summed E-state index contributed by atoms with van der Waals surface area (Å²) in [6, 6.07) is 20.2.